The zero-order valence-corrected chi connectivity index (χ0v) is 14.1. The van der Waals surface area contributed by atoms with Crippen LogP contribution < -0.4 is 0 Å². The number of hydrogen-bond acceptors (Lipinski definition) is 3. The van der Waals surface area contributed by atoms with Crippen molar-refractivity contribution in [3.63, 3.8) is 0 Å². The highest BCUT2D eigenvalue weighted by atomic mass is 32.1. The second kappa shape index (κ2) is 12.9. The van der Waals surface area contributed by atoms with Gasteiger partial charge >= 0.3 is 0 Å². The molecule has 104 valence electrons. The quantitative estimate of drug-likeness (QED) is 0.256. The Morgan fingerprint density at radius 2 is 1.59 bits per heavy atom. The Morgan fingerprint density at radius 3 is 2.00 bits per heavy atom. The Morgan fingerprint density at radius 1 is 1.06 bits per heavy atom. The molecule has 0 radical (unpaired) electrons. The number of thiol groups is 1. The van der Waals surface area contributed by atoms with Gasteiger partial charge in [-0.05, 0) is 24.5 Å². The average Bonchev–Trinajstić information content (AvgIpc) is 2.35. The van der Waals surface area contributed by atoms with Crippen LogP contribution in [-0.2, 0) is 9.47 Å². The fourth-order valence-corrected chi connectivity index (χ4v) is 3.68. The Hall–Kier alpha value is 0.487. The van der Waals surface area contributed by atoms with Crippen molar-refractivity contribution in [2.24, 2.45) is 5.92 Å². The summed E-state index contributed by atoms with van der Waals surface area (Å²) in [6.45, 7) is 8.35. The number of rotatable bonds is 12. The molecule has 0 N–H and O–H groups in total. The second-order valence-corrected chi connectivity index (χ2v) is 6.93. The predicted octanol–water partition coefficient (Wildman–Crippen LogP) is 3.06. The van der Waals surface area contributed by atoms with E-state index in [0.29, 0.717) is 5.92 Å². The number of hydrogen-bond donors (Lipinski definition) is 1. The van der Waals surface area contributed by atoms with Crippen LogP contribution >= 0.6 is 12.6 Å². The summed E-state index contributed by atoms with van der Waals surface area (Å²) in [5.41, 5.74) is 0. The summed E-state index contributed by atoms with van der Waals surface area (Å²) in [5, 5.41) is 0. The van der Waals surface area contributed by atoms with Crippen molar-refractivity contribution in [2.75, 3.05) is 19.0 Å². The Labute approximate surface area is 115 Å². The molecule has 0 spiro atoms. The Balaban J connectivity index is 3.75. The third-order valence-corrected chi connectivity index (χ3v) is 5.70. The molecule has 0 amide bonds. The summed E-state index contributed by atoms with van der Waals surface area (Å²) in [5.74, 6) is 1.82. The predicted molar refractivity (Wildman–Crippen MR) is 81.9 cm³/mol. The smallest absolute Gasteiger partial charge is 0.134 e. The van der Waals surface area contributed by atoms with Crippen LogP contribution in [0, 0.1) is 5.92 Å². The molecular formula is C13H30O2SSi. The maximum atomic E-state index is 5.84. The highest BCUT2D eigenvalue weighted by Gasteiger charge is 2.11. The molecule has 0 bridgehead atoms. The van der Waals surface area contributed by atoms with Crippen molar-refractivity contribution in [1.82, 2.24) is 0 Å². The van der Waals surface area contributed by atoms with Crippen LogP contribution in [0.3, 0.4) is 0 Å². The molecule has 4 heteroatoms. The van der Waals surface area contributed by atoms with Crippen molar-refractivity contribution in [3.8, 4) is 0 Å². The molecular weight excluding hydrogens is 248 g/mol. The van der Waals surface area contributed by atoms with Crippen LogP contribution in [0.2, 0.25) is 6.04 Å². The normalized spacial score (nSPS) is 13.9. The molecule has 1 unspecified atom stereocenters. The molecule has 0 aromatic rings. The monoisotopic (exact) mass is 278 g/mol. The van der Waals surface area contributed by atoms with Crippen molar-refractivity contribution >= 4 is 22.1 Å². The molecule has 0 heterocycles. The lowest BCUT2D eigenvalue weighted by molar-refractivity contribution is -0.0922. The molecule has 0 aliphatic carbocycles. The van der Waals surface area contributed by atoms with Crippen LogP contribution in [0.1, 0.15) is 46.5 Å². The van der Waals surface area contributed by atoms with E-state index >= 15 is 0 Å². The van der Waals surface area contributed by atoms with E-state index in [-0.39, 0.29) is 15.4 Å². The maximum absolute atomic E-state index is 5.84. The zero-order valence-electron chi connectivity index (χ0n) is 11.8. The maximum Gasteiger partial charge on any atom is 0.134 e. The van der Waals surface area contributed by atoms with Gasteiger partial charge in [0.1, 0.15) is 5.91 Å². The SMILES string of the molecule is CCCCOC(OCCCC)[SiH2]CC(C)CS. The van der Waals surface area contributed by atoms with Gasteiger partial charge in [0.05, 0.1) is 9.52 Å². The standard InChI is InChI=1S/C13H30O2SSi/c1-4-6-8-14-13(15-9-7-5-2)17-11-12(3)10-16/h12-13,16H,4-11,17H2,1-3H3. The molecule has 0 aliphatic rings. The van der Waals surface area contributed by atoms with Gasteiger partial charge in [-0.3, -0.25) is 0 Å². The lowest BCUT2D eigenvalue weighted by atomic mass is 10.3. The molecule has 2 nitrogen and oxygen atoms in total. The molecule has 0 aromatic heterocycles. The van der Waals surface area contributed by atoms with Gasteiger partial charge in [-0.1, -0.05) is 39.7 Å². The lowest BCUT2D eigenvalue weighted by Crippen LogP contribution is -2.27. The molecule has 0 aromatic carbocycles. The minimum Gasteiger partial charge on any atom is -0.357 e. The summed E-state index contributed by atoms with van der Waals surface area (Å²) in [7, 11) is -0.282. The molecule has 0 saturated heterocycles. The molecule has 0 fully saturated rings. The van der Waals surface area contributed by atoms with Crippen molar-refractivity contribution in [3.05, 3.63) is 0 Å². The van der Waals surface area contributed by atoms with E-state index < -0.39 is 0 Å². The average molecular weight is 279 g/mol. The molecule has 17 heavy (non-hydrogen) atoms. The highest BCUT2D eigenvalue weighted by Crippen LogP contribution is 2.08. The molecule has 0 aliphatic heterocycles. The second-order valence-electron chi connectivity index (χ2n) is 4.74. The van der Waals surface area contributed by atoms with E-state index in [2.05, 4.69) is 33.4 Å². The highest BCUT2D eigenvalue weighted by molar-refractivity contribution is 7.80. The summed E-state index contributed by atoms with van der Waals surface area (Å²) >= 11 is 4.33. The van der Waals surface area contributed by atoms with Crippen LogP contribution in [0.5, 0.6) is 0 Å². The summed E-state index contributed by atoms with van der Waals surface area (Å²) in [4.78, 5) is 0. The van der Waals surface area contributed by atoms with Gasteiger partial charge in [0.25, 0.3) is 0 Å². The van der Waals surface area contributed by atoms with E-state index in [1.165, 1.54) is 18.9 Å². The lowest BCUT2D eigenvalue weighted by Gasteiger charge is -2.19. The van der Waals surface area contributed by atoms with Crippen LogP contribution in [0.15, 0.2) is 0 Å². The minimum absolute atomic E-state index is 0.135. The van der Waals surface area contributed by atoms with Gasteiger partial charge < -0.3 is 9.47 Å². The summed E-state index contributed by atoms with van der Waals surface area (Å²) in [6.07, 6.45) is 4.67. The molecule has 0 saturated carbocycles. The van der Waals surface area contributed by atoms with E-state index in [0.717, 1.165) is 31.8 Å². The fraction of sp³-hybridized carbons (Fsp3) is 1.00. The number of unbranched alkanes of at least 4 members (excludes halogenated alkanes) is 2. The van der Waals surface area contributed by atoms with E-state index in [9.17, 15) is 0 Å². The third kappa shape index (κ3) is 11.3. The Bertz CT molecular complexity index is 148. The van der Waals surface area contributed by atoms with E-state index in [4.69, 9.17) is 9.47 Å². The van der Waals surface area contributed by atoms with Crippen molar-refractivity contribution < 1.29 is 9.47 Å². The van der Waals surface area contributed by atoms with Gasteiger partial charge in [0.2, 0.25) is 0 Å². The van der Waals surface area contributed by atoms with Gasteiger partial charge in [-0.25, -0.2) is 0 Å². The first-order chi connectivity index (χ1) is 8.24. The third-order valence-electron chi connectivity index (χ3n) is 2.81. The van der Waals surface area contributed by atoms with Gasteiger partial charge in [-0.2, -0.15) is 12.6 Å². The first-order valence-electron chi connectivity index (χ1n) is 7.08. The summed E-state index contributed by atoms with van der Waals surface area (Å²) < 4.78 is 11.7. The van der Waals surface area contributed by atoms with Gasteiger partial charge in [0, 0.05) is 13.2 Å². The van der Waals surface area contributed by atoms with Crippen LogP contribution in [0.25, 0.3) is 0 Å². The van der Waals surface area contributed by atoms with Crippen LogP contribution in [-0.4, -0.2) is 34.4 Å². The topological polar surface area (TPSA) is 18.5 Å². The molecule has 1 atom stereocenters. The van der Waals surface area contributed by atoms with Crippen molar-refractivity contribution in [1.29, 1.82) is 0 Å². The van der Waals surface area contributed by atoms with Crippen molar-refractivity contribution in [2.45, 2.75) is 58.4 Å². The zero-order chi connectivity index (χ0) is 12.9. The minimum atomic E-state index is -0.282. The van der Waals surface area contributed by atoms with Gasteiger partial charge in [-0.15, -0.1) is 0 Å². The van der Waals surface area contributed by atoms with E-state index in [1.54, 1.807) is 0 Å². The summed E-state index contributed by atoms with van der Waals surface area (Å²) in [6, 6.07) is 1.27. The van der Waals surface area contributed by atoms with Gasteiger partial charge in [0.15, 0.2) is 0 Å². The first kappa shape index (κ1) is 17.5. The largest absolute Gasteiger partial charge is 0.357 e. The Kier molecular flexibility index (Phi) is 13.3. The first-order valence-corrected chi connectivity index (χ1v) is 9.53. The molecule has 0 rings (SSSR count). The fourth-order valence-electron chi connectivity index (χ4n) is 1.44. The van der Waals surface area contributed by atoms with Crippen LogP contribution in [0.4, 0.5) is 0 Å². The van der Waals surface area contributed by atoms with E-state index in [1.807, 2.05) is 0 Å². The number of ether oxygens (including phenoxy) is 2.